The van der Waals surface area contributed by atoms with Gasteiger partial charge in [0.2, 0.25) is 0 Å². The summed E-state index contributed by atoms with van der Waals surface area (Å²) in [4.78, 5) is 17.7. The molecule has 0 fully saturated rings. The summed E-state index contributed by atoms with van der Waals surface area (Å²) in [5.41, 5.74) is 1.62. The number of nitrogens with one attached hydrogen (secondary N) is 1. The molecule has 0 saturated heterocycles. The van der Waals surface area contributed by atoms with E-state index in [1.54, 1.807) is 41.3 Å². The van der Waals surface area contributed by atoms with Gasteiger partial charge in [-0.2, -0.15) is 4.98 Å². The number of thioether (sulfide) groups is 1. The van der Waals surface area contributed by atoms with Crippen molar-refractivity contribution in [3.8, 4) is 5.69 Å². The van der Waals surface area contributed by atoms with E-state index in [0.717, 1.165) is 32.5 Å². The molecule has 9 heteroatoms. The molecule has 0 aliphatic carbocycles. The fourth-order valence-electron chi connectivity index (χ4n) is 2.84. The van der Waals surface area contributed by atoms with Crippen molar-refractivity contribution in [2.45, 2.75) is 43.2 Å². The number of nitrogens with zero attached hydrogens (tertiary/aromatic N) is 2. The SMILES string of the molecule is C=Cc1ccc(S(=O)(=O)Nc2nc(=O)n3c(C)c(C)sc(SCCC(C)C)c2-3)cc1. The number of imidazole rings is 1. The number of rotatable bonds is 8. The molecule has 1 aromatic rings. The highest BCUT2D eigenvalue weighted by Gasteiger charge is 2.26. The Hall–Kier alpha value is -2.10. The smallest absolute Gasteiger partial charge is 0.261 e. The summed E-state index contributed by atoms with van der Waals surface area (Å²) in [6, 6.07) is 6.36. The first-order valence-electron chi connectivity index (χ1n) is 9.55. The molecule has 2 aliphatic heterocycles. The third kappa shape index (κ3) is 4.63. The minimum atomic E-state index is -3.89. The second-order valence-electron chi connectivity index (χ2n) is 7.37. The van der Waals surface area contributed by atoms with Crippen LogP contribution in [-0.4, -0.2) is 23.7 Å². The molecule has 0 radical (unpaired) electrons. The average molecular weight is 464 g/mol. The Morgan fingerprint density at radius 1 is 1.27 bits per heavy atom. The second kappa shape index (κ2) is 8.95. The maximum Gasteiger partial charge on any atom is 0.354 e. The number of hydrogen-bond acceptors (Lipinski definition) is 6. The van der Waals surface area contributed by atoms with Crippen molar-refractivity contribution in [3.63, 3.8) is 0 Å². The fourth-order valence-corrected chi connectivity index (χ4v) is 6.61. The molecule has 6 nitrogen and oxygen atoms in total. The fraction of sp³-hybridized carbons (Fsp3) is 0.333. The Kier molecular flexibility index (Phi) is 6.74. The number of hydrogen-bond donors (Lipinski definition) is 1. The van der Waals surface area contributed by atoms with Crippen LogP contribution in [0.1, 0.15) is 36.4 Å². The number of aromatic nitrogens is 2. The first kappa shape index (κ1) is 22.6. The van der Waals surface area contributed by atoms with Gasteiger partial charge in [-0.1, -0.05) is 38.6 Å². The standard InChI is InChI=1S/C21H25N3O3S3/c1-6-16-7-9-17(10-8-16)30(26,27)23-19-18-20(28-12-11-13(2)3)29-15(5)14(4)24(18)21(25)22-19/h6-10,13H,1,11-12H2,2-5H3,(H,22,23,25). The van der Waals surface area contributed by atoms with E-state index in [9.17, 15) is 13.2 Å². The van der Waals surface area contributed by atoms with Crippen molar-refractivity contribution in [1.82, 2.24) is 9.55 Å². The van der Waals surface area contributed by atoms with Crippen LogP contribution in [0.25, 0.3) is 11.8 Å². The third-order valence-corrected chi connectivity index (χ3v) is 8.55. The van der Waals surface area contributed by atoms with Gasteiger partial charge in [-0.25, -0.2) is 13.2 Å². The number of fused-ring (bicyclic) bond motifs is 1. The highest BCUT2D eigenvalue weighted by atomic mass is 32.2. The van der Waals surface area contributed by atoms with Gasteiger partial charge in [0.25, 0.3) is 10.0 Å². The van der Waals surface area contributed by atoms with Crippen molar-refractivity contribution in [1.29, 1.82) is 0 Å². The van der Waals surface area contributed by atoms with Gasteiger partial charge < -0.3 is 0 Å². The molecule has 3 rings (SSSR count). The molecule has 1 N–H and O–H groups in total. The van der Waals surface area contributed by atoms with Gasteiger partial charge in [0.1, 0.15) is 5.69 Å². The lowest BCUT2D eigenvalue weighted by atomic mass is 10.2. The maximum atomic E-state index is 12.9. The van der Waals surface area contributed by atoms with E-state index in [-0.39, 0.29) is 10.7 Å². The van der Waals surface area contributed by atoms with Crippen LogP contribution >= 0.6 is 23.1 Å². The lowest BCUT2D eigenvalue weighted by molar-refractivity contribution is 0.601. The minimum Gasteiger partial charge on any atom is -0.261 e. The van der Waals surface area contributed by atoms with Crippen LogP contribution in [0.4, 0.5) is 5.82 Å². The summed E-state index contributed by atoms with van der Waals surface area (Å²) in [7, 11) is -3.89. The molecule has 0 spiro atoms. The topological polar surface area (TPSA) is 81.1 Å². The van der Waals surface area contributed by atoms with Crippen LogP contribution < -0.4 is 10.4 Å². The molecule has 0 saturated carbocycles. The van der Waals surface area contributed by atoms with Crippen molar-refractivity contribution in [2.75, 3.05) is 10.5 Å². The first-order valence-corrected chi connectivity index (χ1v) is 12.8. The van der Waals surface area contributed by atoms with Crippen LogP contribution in [0.5, 0.6) is 0 Å². The third-order valence-electron chi connectivity index (χ3n) is 4.72. The van der Waals surface area contributed by atoms with Gasteiger partial charge in [0.15, 0.2) is 5.82 Å². The van der Waals surface area contributed by atoms with Gasteiger partial charge >= 0.3 is 5.69 Å². The maximum absolute atomic E-state index is 12.9. The first-order chi connectivity index (χ1) is 14.1. The van der Waals surface area contributed by atoms with Crippen molar-refractivity contribution >= 4 is 45.0 Å². The summed E-state index contributed by atoms with van der Waals surface area (Å²) >= 11 is 3.18. The second-order valence-corrected chi connectivity index (χ2v) is 11.6. The van der Waals surface area contributed by atoms with E-state index in [0.29, 0.717) is 11.6 Å². The van der Waals surface area contributed by atoms with Crippen LogP contribution in [0.3, 0.4) is 0 Å². The minimum absolute atomic E-state index is 0.0687. The summed E-state index contributed by atoms with van der Waals surface area (Å²) in [5.74, 6) is 1.50. The van der Waals surface area contributed by atoms with E-state index in [1.807, 2.05) is 13.8 Å². The van der Waals surface area contributed by atoms with Crippen molar-refractivity contribution in [2.24, 2.45) is 5.92 Å². The normalized spacial score (nSPS) is 11.9. The van der Waals surface area contributed by atoms with E-state index < -0.39 is 15.7 Å². The Labute approximate surface area is 185 Å². The molecule has 0 unspecified atom stereocenters. The predicted octanol–water partition coefficient (Wildman–Crippen LogP) is 4.93. The van der Waals surface area contributed by atoms with E-state index in [2.05, 4.69) is 30.1 Å². The quantitative estimate of drug-likeness (QED) is 0.479. The van der Waals surface area contributed by atoms with E-state index in [4.69, 9.17) is 0 Å². The summed E-state index contributed by atoms with van der Waals surface area (Å²) < 4.78 is 30.8. The van der Waals surface area contributed by atoms with Gasteiger partial charge in [0.05, 0.1) is 9.10 Å². The Bertz CT molecular complexity index is 1190. The molecule has 30 heavy (non-hydrogen) atoms. The molecule has 2 aliphatic rings. The zero-order valence-corrected chi connectivity index (χ0v) is 19.9. The molecule has 2 heterocycles. The largest absolute Gasteiger partial charge is 0.354 e. The van der Waals surface area contributed by atoms with Crippen LogP contribution in [-0.2, 0) is 10.0 Å². The highest BCUT2D eigenvalue weighted by molar-refractivity contribution is 8.01. The number of anilines is 1. The summed E-state index contributed by atoms with van der Waals surface area (Å²) in [6.07, 6.45) is 2.66. The molecular formula is C21H25N3O3S3. The summed E-state index contributed by atoms with van der Waals surface area (Å²) in [5, 5.41) is 0. The lowest BCUT2D eigenvalue weighted by Crippen LogP contribution is -2.17. The molecule has 160 valence electrons. The molecule has 0 amide bonds. The number of aryl methyl sites for hydroxylation is 1. The van der Waals surface area contributed by atoms with Gasteiger partial charge in [0, 0.05) is 10.6 Å². The molecule has 0 aromatic heterocycles. The average Bonchev–Trinajstić information content (AvgIpc) is 3.01. The van der Waals surface area contributed by atoms with Crippen molar-refractivity contribution < 1.29 is 8.42 Å². The van der Waals surface area contributed by atoms with Crippen LogP contribution in [0, 0.1) is 19.8 Å². The Morgan fingerprint density at radius 2 is 1.93 bits per heavy atom. The van der Waals surface area contributed by atoms with Gasteiger partial charge in [-0.3, -0.25) is 9.29 Å². The highest BCUT2D eigenvalue weighted by Crippen LogP contribution is 2.38. The van der Waals surface area contributed by atoms with Gasteiger partial charge in [-0.05, 0) is 49.6 Å². The number of benzene rings is 1. The van der Waals surface area contributed by atoms with Crippen LogP contribution in [0.15, 0.2) is 44.7 Å². The summed E-state index contributed by atoms with van der Waals surface area (Å²) in [6.45, 7) is 11.8. The van der Waals surface area contributed by atoms with E-state index in [1.165, 1.54) is 16.7 Å². The molecular weight excluding hydrogens is 438 g/mol. The predicted molar refractivity (Wildman–Crippen MR) is 126 cm³/mol. The molecule has 0 atom stereocenters. The zero-order valence-electron chi connectivity index (χ0n) is 17.4. The lowest BCUT2D eigenvalue weighted by Gasteiger charge is -2.16. The van der Waals surface area contributed by atoms with Gasteiger partial charge in [-0.15, -0.1) is 23.1 Å². The zero-order chi connectivity index (χ0) is 22.1. The molecule has 0 bridgehead atoms. The molecule has 1 aromatic carbocycles. The van der Waals surface area contributed by atoms with Crippen molar-refractivity contribution in [3.05, 3.63) is 57.5 Å². The Balaban J connectivity index is 2.05. The Morgan fingerprint density at radius 3 is 2.53 bits per heavy atom. The van der Waals surface area contributed by atoms with Crippen LogP contribution in [0.2, 0.25) is 0 Å². The number of sulfonamides is 1. The monoisotopic (exact) mass is 463 g/mol. The van der Waals surface area contributed by atoms with E-state index >= 15 is 0 Å².